The zero-order chi connectivity index (χ0) is 21.4. The molecule has 0 spiro atoms. The van der Waals surface area contributed by atoms with E-state index in [9.17, 15) is 14.7 Å². The molecule has 8 heteroatoms. The van der Waals surface area contributed by atoms with Crippen LogP contribution in [0.4, 0.5) is 5.69 Å². The SMILES string of the molecule is COc1ccc(N2C(=O)C(=O)/C(=C(\O)c3cccc(Cl)c3)C2c2ccco2)cc1Cl. The number of amides is 1. The average molecular weight is 444 g/mol. The van der Waals surface area contributed by atoms with Crippen LogP contribution in [0.5, 0.6) is 5.75 Å². The van der Waals surface area contributed by atoms with Gasteiger partial charge in [-0.15, -0.1) is 0 Å². The fourth-order valence-electron chi connectivity index (χ4n) is 3.41. The van der Waals surface area contributed by atoms with Gasteiger partial charge >= 0.3 is 0 Å². The minimum Gasteiger partial charge on any atom is -0.507 e. The maximum absolute atomic E-state index is 13.0. The zero-order valence-electron chi connectivity index (χ0n) is 15.6. The molecule has 4 rings (SSSR count). The van der Waals surface area contributed by atoms with Crippen LogP contribution in [-0.4, -0.2) is 23.9 Å². The molecule has 1 unspecified atom stereocenters. The van der Waals surface area contributed by atoms with E-state index in [1.165, 1.54) is 30.4 Å². The van der Waals surface area contributed by atoms with Crippen LogP contribution in [0.1, 0.15) is 17.4 Å². The summed E-state index contributed by atoms with van der Waals surface area (Å²) in [5, 5.41) is 11.6. The molecule has 0 bridgehead atoms. The van der Waals surface area contributed by atoms with Crippen molar-refractivity contribution in [3.8, 4) is 5.75 Å². The maximum atomic E-state index is 13.0. The maximum Gasteiger partial charge on any atom is 0.300 e. The van der Waals surface area contributed by atoms with Gasteiger partial charge in [-0.05, 0) is 42.5 Å². The van der Waals surface area contributed by atoms with Gasteiger partial charge in [0.05, 0.1) is 24.0 Å². The molecule has 3 aromatic rings. The Balaban J connectivity index is 1.92. The first-order valence-electron chi connectivity index (χ1n) is 8.86. The summed E-state index contributed by atoms with van der Waals surface area (Å²) in [6.07, 6.45) is 1.43. The Morgan fingerprint density at radius 3 is 2.53 bits per heavy atom. The summed E-state index contributed by atoms with van der Waals surface area (Å²) in [6, 6.07) is 13.4. The normalized spacial score (nSPS) is 18.1. The lowest BCUT2D eigenvalue weighted by molar-refractivity contribution is -0.132. The van der Waals surface area contributed by atoms with E-state index in [-0.39, 0.29) is 16.4 Å². The van der Waals surface area contributed by atoms with Crippen LogP contribution in [0.15, 0.2) is 70.9 Å². The number of aliphatic hydroxyl groups is 1. The number of ketones is 1. The molecule has 1 atom stereocenters. The number of rotatable bonds is 4. The van der Waals surface area contributed by atoms with Crippen molar-refractivity contribution < 1.29 is 23.8 Å². The number of anilines is 1. The van der Waals surface area contributed by atoms with Gasteiger partial charge < -0.3 is 14.3 Å². The van der Waals surface area contributed by atoms with E-state index in [4.69, 9.17) is 32.4 Å². The molecule has 1 amide bonds. The minimum atomic E-state index is -0.983. The fraction of sp³-hybridized carbons (Fsp3) is 0.0909. The number of carbonyl (C=O) groups excluding carboxylic acids is 2. The highest BCUT2D eigenvalue weighted by Crippen LogP contribution is 2.43. The highest BCUT2D eigenvalue weighted by Gasteiger charge is 2.48. The first kappa shape index (κ1) is 20.1. The second-order valence-corrected chi connectivity index (χ2v) is 7.36. The number of ether oxygens (including phenoxy) is 1. The highest BCUT2D eigenvalue weighted by molar-refractivity contribution is 6.51. The largest absolute Gasteiger partial charge is 0.507 e. The van der Waals surface area contributed by atoms with E-state index < -0.39 is 17.7 Å². The Hall–Kier alpha value is -3.22. The third-order valence-electron chi connectivity index (χ3n) is 4.77. The molecule has 2 aromatic carbocycles. The van der Waals surface area contributed by atoms with E-state index in [1.54, 1.807) is 42.5 Å². The molecular formula is C22H15Cl2NO5. The highest BCUT2D eigenvalue weighted by atomic mass is 35.5. The van der Waals surface area contributed by atoms with Crippen LogP contribution in [-0.2, 0) is 9.59 Å². The minimum absolute atomic E-state index is 0.107. The molecule has 0 aliphatic carbocycles. The monoisotopic (exact) mass is 443 g/mol. The van der Waals surface area contributed by atoms with Crippen LogP contribution in [0, 0.1) is 0 Å². The third-order valence-corrected chi connectivity index (χ3v) is 5.30. The summed E-state index contributed by atoms with van der Waals surface area (Å²) >= 11 is 12.3. The number of carbonyl (C=O) groups is 2. The van der Waals surface area contributed by atoms with Gasteiger partial charge in [0.25, 0.3) is 11.7 Å². The first-order chi connectivity index (χ1) is 14.4. The zero-order valence-corrected chi connectivity index (χ0v) is 17.1. The van der Waals surface area contributed by atoms with Gasteiger partial charge in [0.1, 0.15) is 23.3 Å². The lowest BCUT2D eigenvalue weighted by Crippen LogP contribution is -2.29. The summed E-state index contributed by atoms with van der Waals surface area (Å²) in [5.74, 6) is -1.28. The van der Waals surface area contributed by atoms with Crippen LogP contribution >= 0.6 is 23.2 Å². The molecule has 152 valence electrons. The van der Waals surface area contributed by atoms with Gasteiger partial charge in [-0.2, -0.15) is 0 Å². The number of nitrogens with zero attached hydrogens (tertiary/aromatic N) is 1. The van der Waals surface area contributed by atoms with E-state index in [0.29, 0.717) is 27.8 Å². The lowest BCUT2D eigenvalue weighted by atomic mass is 9.99. The summed E-state index contributed by atoms with van der Waals surface area (Å²) in [5.41, 5.74) is 0.559. The number of aliphatic hydroxyl groups excluding tert-OH is 1. The molecule has 0 radical (unpaired) electrons. The van der Waals surface area contributed by atoms with Crippen molar-refractivity contribution in [1.29, 1.82) is 0 Å². The molecular weight excluding hydrogens is 429 g/mol. The van der Waals surface area contributed by atoms with Crippen molar-refractivity contribution in [2.75, 3.05) is 12.0 Å². The molecule has 1 N–H and O–H groups in total. The topological polar surface area (TPSA) is 80.0 Å². The molecule has 1 saturated heterocycles. The van der Waals surface area contributed by atoms with Crippen LogP contribution in [0.3, 0.4) is 0 Å². The van der Waals surface area contributed by atoms with E-state index in [1.807, 2.05) is 0 Å². The van der Waals surface area contributed by atoms with Crippen molar-refractivity contribution in [2.45, 2.75) is 6.04 Å². The standard InChI is InChI=1S/C22H15Cl2NO5/c1-29-16-8-7-14(11-15(16)24)25-19(17-6-3-9-30-17)18(21(27)22(25)28)20(26)12-4-2-5-13(23)10-12/h2-11,19,26H,1H3/b20-18-. The smallest absolute Gasteiger partial charge is 0.300 e. The summed E-state index contributed by atoms with van der Waals surface area (Å²) < 4.78 is 10.7. The fourth-order valence-corrected chi connectivity index (χ4v) is 3.85. The third kappa shape index (κ3) is 3.34. The molecule has 30 heavy (non-hydrogen) atoms. The number of benzene rings is 2. The van der Waals surface area contributed by atoms with Gasteiger partial charge in [0.15, 0.2) is 0 Å². The predicted octanol–water partition coefficient (Wildman–Crippen LogP) is 5.22. The molecule has 6 nitrogen and oxygen atoms in total. The Kier molecular flexibility index (Phi) is 5.28. The molecule has 2 heterocycles. The van der Waals surface area contributed by atoms with Crippen molar-refractivity contribution >= 4 is 46.3 Å². The number of methoxy groups -OCH3 is 1. The molecule has 0 saturated carbocycles. The molecule has 1 fully saturated rings. The Labute approximate surface area is 181 Å². The lowest BCUT2D eigenvalue weighted by Gasteiger charge is -2.23. The number of hydrogen-bond donors (Lipinski definition) is 1. The molecule has 1 aliphatic rings. The molecule has 1 aliphatic heterocycles. The average Bonchev–Trinajstić information content (AvgIpc) is 3.35. The quantitative estimate of drug-likeness (QED) is 0.339. The molecule has 1 aromatic heterocycles. The summed E-state index contributed by atoms with van der Waals surface area (Å²) in [7, 11) is 1.47. The van der Waals surface area contributed by atoms with Gasteiger partial charge in [0.2, 0.25) is 0 Å². The van der Waals surface area contributed by atoms with Gasteiger partial charge in [-0.1, -0.05) is 35.3 Å². The van der Waals surface area contributed by atoms with Crippen molar-refractivity contribution in [3.05, 3.63) is 87.8 Å². The van der Waals surface area contributed by atoms with Crippen molar-refractivity contribution in [2.24, 2.45) is 0 Å². The summed E-state index contributed by atoms with van der Waals surface area (Å²) in [4.78, 5) is 27.2. The van der Waals surface area contributed by atoms with E-state index in [2.05, 4.69) is 0 Å². The first-order valence-corrected chi connectivity index (χ1v) is 9.62. The number of furan rings is 1. The number of Topliss-reactive ketones (excluding diaryl/α,β-unsaturated/α-hetero) is 1. The number of halogens is 2. The Bertz CT molecular complexity index is 1170. The second kappa shape index (κ2) is 7.89. The van der Waals surface area contributed by atoms with Crippen molar-refractivity contribution in [1.82, 2.24) is 0 Å². The van der Waals surface area contributed by atoms with Gasteiger partial charge in [-0.25, -0.2) is 0 Å². The number of hydrogen-bond acceptors (Lipinski definition) is 5. The van der Waals surface area contributed by atoms with E-state index in [0.717, 1.165) is 0 Å². The van der Waals surface area contributed by atoms with Crippen LogP contribution in [0.25, 0.3) is 5.76 Å². The Morgan fingerprint density at radius 2 is 1.90 bits per heavy atom. The van der Waals surface area contributed by atoms with Crippen LogP contribution < -0.4 is 9.64 Å². The van der Waals surface area contributed by atoms with Gasteiger partial charge in [0, 0.05) is 16.3 Å². The predicted molar refractivity (Wildman–Crippen MR) is 113 cm³/mol. The van der Waals surface area contributed by atoms with Crippen molar-refractivity contribution in [3.63, 3.8) is 0 Å². The van der Waals surface area contributed by atoms with E-state index >= 15 is 0 Å². The second-order valence-electron chi connectivity index (χ2n) is 6.51. The Morgan fingerprint density at radius 1 is 1.10 bits per heavy atom. The van der Waals surface area contributed by atoms with Gasteiger partial charge in [-0.3, -0.25) is 14.5 Å². The summed E-state index contributed by atoms with van der Waals surface area (Å²) in [6.45, 7) is 0. The van der Waals surface area contributed by atoms with Crippen LogP contribution in [0.2, 0.25) is 10.0 Å².